The van der Waals surface area contributed by atoms with E-state index in [-0.39, 0.29) is 0 Å². The van der Waals surface area contributed by atoms with Gasteiger partial charge in [0.25, 0.3) is 0 Å². The van der Waals surface area contributed by atoms with Gasteiger partial charge in [0.1, 0.15) is 0 Å². The first-order valence-corrected chi connectivity index (χ1v) is 6.97. The second-order valence-electron chi connectivity index (χ2n) is 5.21. The first-order valence-electron chi connectivity index (χ1n) is 6.97. The van der Waals surface area contributed by atoms with Gasteiger partial charge >= 0.3 is 0 Å². The van der Waals surface area contributed by atoms with Crippen LogP contribution in [0.5, 0.6) is 0 Å². The summed E-state index contributed by atoms with van der Waals surface area (Å²) in [6, 6.07) is 15.2. The molecular formula is C20H18. The molecule has 2 aromatic rings. The maximum atomic E-state index is 4.19. The number of fused-ring (bicyclic) bond motifs is 1. The number of aryl methyl sites for hydroxylation is 1. The predicted octanol–water partition coefficient (Wildman–Crippen LogP) is 5.34. The molecule has 0 heteroatoms. The van der Waals surface area contributed by atoms with Crippen molar-refractivity contribution in [1.29, 1.82) is 0 Å². The Labute approximate surface area is 120 Å². The molecule has 0 saturated heterocycles. The molecule has 2 aromatic carbocycles. The van der Waals surface area contributed by atoms with Crippen molar-refractivity contribution in [2.24, 2.45) is 0 Å². The third-order valence-electron chi connectivity index (χ3n) is 3.75. The highest BCUT2D eigenvalue weighted by molar-refractivity contribution is 5.81. The summed E-state index contributed by atoms with van der Waals surface area (Å²) in [6.45, 7) is 6.31. The smallest absolute Gasteiger partial charge is 0.00820 e. The van der Waals surface area contributed by atoms with Gasteiger partial charge in [-0.2, -0.15) is 0 Å². The molecule has 1 aliphatic rings. The molecule has 0 atom stereocenters. The largest absolute Gasteiger partial charge is 0.0911 e. The Morgan fingerprint density at radius 3 is 2.45 bits per heavy atom. The molecule has 0 heterocycles. The van der Waals surface area contributed by atoms with Gasteiger partial charge in [-0.3, -0.25) is 0 Å². The Hall–Kier alpha value is -2.34. The topological polar surface area (TPSA) is 0 Å². The van der Waals surface area contributed by atoms with Gasteiger partial charge < -0.3 is 0 Å². The van der Waals surface area contributed by atoms with E-state index in [1.165, 1.54) is 27.8 Å². The average molecular weight is 258 g/mol. The lowest BCUT2D eigenvalue weighted by Gasteiger charge is -2.15. The molecule has 0 aromatic heterocycles. The lowest BCUT2D eigenvalue weighted by Crippen LogP contribution is -1.96. The Morgan fingerprint density at radius 1 is 0.900 bits per heavy atom. The van der Waals surface area contributed by atoms with Gasteiger partial charge in [-0.25, -0.2) is 0 Å². The van der Waals surface area contributed by atoms with Crippen LogP contribution in [0.4, 0.5) is 0 Å². The van der Waals surface area contributed by atoms with Crippen LogP contribution in [0.15, 0.2) is 73.3 Å². The van der Waals surface area contributed by atoms with Crippen molar-refractivity contribution in [3.8, 4) is 11.1 Å². The van der Waals surface area contributed by atoms with Gasteiger partial charge in [0.2, 0.25) is 0 Å². The quantitative estimate of drug-likeness (QED) is 0.647. The Morgan fingerprint density at radius 2 is 1.65 bits per heavy atom. The summed E-state index contributed by atoms with van der Waals surface area (Å²) in [5.74, 6) is 0. The highest BCUT2D eigenvalue weighted by atomic mass is 14.1. The van der Waals surface area contributed by atoms with E-state index in [0.717, 1.165) is 12.0 Å². The first-order chi connectivity index (χ1) is 9.75. The van der Waals surface area contributed by atoms with Gasteiger partial charge in [0, 0.05) is 0 Å². The third-order valence-corrected chi connectivity index (χ3v) is 3.75. The van der Waals surface area contributed by atoms with Crippen LogP contribution in [0.25, 0.3) is 16.7 Å². The van der Waals surface area contributed by atoms with Crippen molar-refractivity contribution in [3.05, 3.63) is 90.0 Å². The van der Waals surface area contributed by atoms with E-state index >= 15 is 0 Å². The molecule has 0 spiro atoms. The van der Waals surface area contributed by atoms with Crippen LogP contribution in [-0.4, -0.2) is 0 Å². The van der Waals surface area contributed by atoms with Crippen LogP contribution < -0.4 is 0 Å². The number of benzene rings is 2. The molecule has 20 heavy (non-hydrogen) atoms. The Kier molecular flexibility index (Phi) is 3.39. The molecule has 98 valence electrons. The minimum absolute atomic E-state index is 0.947. The van der Waals surface area contributed by atoms with E-state index in [1.54, 1.807) is 0 Å². The monoisotopic (exact) mass is 258 g/mol. The number of hydrogen-bond acceptors (Lipinski definition) is 0. The van der Waals surface area contributed by atoms with Gasteiger partial charge in [-0.05, 0) is 41.2 Å². The van der Waals surface area contributed by atoms with Crippen LogP contribution >= 0.6 is 0 Å². The summed E-state index contributed by atoms with van der Waals surface area (Å²) in [5.41, 5.74) is 7.57. The molecule has 0 unspecified atom stereocenters. The van der Waals surface area contributed by atoms with Crippen molar-refractivity contribution in [3.63, 3.8) is 0 Å². The molecular weight excluding hydrogens is 240 g/mol. The lowest BCUT2D eigenvalue weighted by atomic mass is 9.89. The minimum atomic E-state index is 0.947. The predicted molar refractivity (Wildman–Crippen MR) is 87.6 cm³/mol. The summed E-state index contributed by atoms with van der Waals surface area (Å²) in [4.78, 5) is 0. The molecule has 0 saturated carbocycles. The molecule has 3 rings (SSSR count). The number of rotatable bonds is 1. The van der Waals surface area contributed by atoms with E-state index < -0.39 is 0 Å². The lowest BCUT2D eigenvalue weighted by molar-refractivity contribution is 1.25. The molecule has 0 aliphatic heterocycles. The molecule has 0 bridgehead atoms. The Bertz CT molecular complexity index is 697. The highest BCUT2D eigenvalue weighted by Gasteiger charge is 2.11. The summed E-state index contributed by atoms with van der Waals surface area (Å²) in [5, 5.41) is 0. The third kappa shape index (κ3) is 2.37. The van der Waals surface area contributed by atoms with Crippen LogP contribution in [0, 0.1) is 6.92 Å². The Balaban J connectivity index is 2.18. The zero-order valence-corrected chi connectivity index (χ0v) is 11.8. The second kappa shape index (κ2) is 5.34. The highest BCUT2D eigenvalue weighted by Crippen LogP contribution is 2.31. The normalized spacial score (nSPS) is 16.9. The SMILES string of the molecule is C=C1/C=C\C=C/Cc2c1cccc2-c1ccc(C)cc1. The van der Waals surface area contributed by atoms with Crippen molar-refractivity contribution in [2.75, 3.05) is 0 Å². The summed E-state index contributed by atoms with van der Waals surface area (Å²) in [7, 11) is 0. The molecule has 0 nitrogen and oxygen atoms in total. The minimum Gasteiger partial charge on any atom is -0.0911 e. The van der Waals surface area contributed by atoms with Crippen LogP contribution in [0.3, 0.4) is 0 Å². The molecule has 0 fully saturated rings. The fourth-order valence-electron chi connectivity index (χ4n) is 2.64. The van der Waals surface area contributed by atoms with Crippen LogP contribution in [-0.2, 0) is 6.42 Å². The van der Waals surface area contributed by atoms with Gasteiger partial charge in [0.15, 0.2) is 0 Å². The van der Waals surface area contributed by atoms with Crippen LogP contribution in [0.2, 0.25) is 0 Å². The average Bonchev–Trinajstić information content (AvgIpc) is 2.45. The van der Waals surface area contributed by atoms with Crippen molar-refractivity contribution >= 4 is 5.57 Å². The van der Waals surface area contributed by atoms with E-state index in [0.29, 0.717) is 0 Å². The fraction of sp³-hybridized carbons (Fsp3) is 0.100. The number of hydrogen-bond donors (Lipinski definition) is 0. The molecule has 0 amide bonds. The van der Waals surface area contributed by atoms with Gasteiger partial charge in [-0.15, -0.1) is 0 Å². The van der Waals surface area contributed by atoms with Crippen molar-refractivity contribution in [2.45, 2.75) is 13.3 Å². The van der Waals surface area contributed by atoms with E-state index in [4.69, 9.17) is 0 Å². The fourth-order valence-corrected chi connectivity index (χ4v) is 2.64. The van der Waals surface area contributed by atoms with E-state index in [9.17, 15) is 0 Å². The van der Waals surface area contributed by atoms with Crippen molar-refractivity contribution < 1.29 is 0 Å². The summed E-state index contributed by atoms with van der Waals surface area (Å²) >= 11 is 0. The first kappa shape index (κ1) is 12.7. The zero-order chi connectivity index (χ0) is 13.9. The van der Waals surface area contributed by atoms with Crippen molar-refractivity contribution in [1.82, 2.24) is 0 Å². The van der Waals surface area contributed by atoms with Crippen LogP contribution in [0.1, 0.15) is 16.7 Å². The molecule has 0 radical (unpaired) electrons. The number of allylic oxidation sites excluding steroid dienone is 5. The van der Waals surface area contributed by atoms with Gasteiger partial charge in [0.05, 0.1) is 0 Å². The standard InChI is InChI=1S/C20H18/c1-15-11-13-17(14-12-15)19-10-6-9-18-16(2)7-4-3-5-8-20(18)19/h3-7,9-14H,2,8H2,1H3/b5-3-,7-4-. The van der Waals surface area contributed by atoms with E-state index in [1.807, 2.05) is 0 Å². The second-order valence-corrected chi connectivity index (χ2v) is 5.21. The molecule has 0 N–H and O–H groups in total. The zero-order valence-electron chi connectivity index (χ0n) is 11.8. The summed E-state index contributed by atoms with van der Waals surface area (Å²) in [6.07, 6.45) is 9.39. The van der Waals surface area contributed by atoms with Gasteiger partial charge in [-0.1, -0.05) is 78.9 Å². The molecule has 1 aliphatic carbocycles. The maximum absolute atomic E-state index is 4.19. The maximum Gasteiger partial charge on any atom is -0.00820 e. The van der Waals surface area contributed by atoms with E-state index in [2.05, 4.69) is 80.3 Å². The summed E-state index contributed by atoms with van der Waals surface area (Å²) < 4.78 is 0.